The molecule has 2 rings (SSSR count). The predicted octanol–water partition coefficient (Wildman–Crippen LogP) is 2.45. The number of carbonyl (C=O) groups excluding carboxylic acids is 1. The van der Waals surface area contributed by atoms with Gasteiger partial charge in [-0.25, -0.2) is 4.79 Å². The number of halogens is 2. The average molecular weight is 279 g/mol. The second-order valence-corrected chi connectivity index (χ2v) is 3.69. The van der Waals surface area contributed by atoms with Crippen molar-refractivity contribution in [3.05, 3.63) is 38.9 Å². The van der Waals surface area contributed by atoms with Crippen LogP contribution in [0.1, 0.15) is 11.6 Å². The van der Waals surface area contributed by atoms with E-state index in [1.54, 1.807) is 0 Å². The molecule has 1 N–H and O–H groups in total. The van der Waals surface area contributed by atoms with Gasteiger partial charge < -0.3 is 10.1 Å². The Hall–Kier alpha value is -1.53. The zero-order valence-electron chi connectivity index (χ0n) is 8.38. The Labute approximate surface area is 107 Å². The van der Waals surface area contributed by atoms with Crippen molar-refractivity contribution in [1.82, 2.24) is 5.32 Å². The van der Waals surface area contributed by atoms with Gasteiger partial charge in [0.2, 0.25) is 0 Å². The number of nitro benzene ring substituents is 1. The summed E-state index contributed by atoms with van der Waals surface area (Å²) in [5.74, 6) is 0. The molecule has 0 unspecified atom stereocenters. The molecule has 1 atom stereocenters. The van der Waals surface area contributed by atoms with Crippen LogP contribution in [-0.2, 0) is 4.74 Å². The number of nitrogens with zero attached hydrogens (tertiary/aromatic N) is 1. The summed E-state index contributed by atoms with van der Waals surface area (Å²) in [4.78, 5) is 21.1. The van der Waals surface area contributed by atoms with E-state index in [0.717, 1.165) is 0 Å². The molecule has 0 aliphatic carbocycles. The molecule has 6 nitrogen and oxygen atoms in total. The number of cyclic esters (lactones) is 1. The van der Waals surface area contributed by atoms with E-state index < -0.39 is 17.1 Å². The summed E-state index contributed by atoms with van der Waals surface area (Å²) in [5.41, 5.74) is 0.267. The van der Waals surface area contributed by atoms with Crippen LogP contribution in [0.25, 0.3) is 0 Å². The Morgan fingerprint density at radius 2 is 2.24 bits per heavy atom. The minimum absolute atomic E-state index is 0. The quantitative estimate of drug-likeness (QED) is 0.666. The van der Waals surface area contributed by atoms with E-state index in [1.165, 1.54) is 18.2 Å². The van der Waals surface area contributed by atoms with Gasteiger partial charge in [-0.2, -0.15) is 0 Å². The fraction of sp³-hybridized carbons (Fsp3) is 0.222. The van der Waals surface area contributed by atoms with E-state index in [-0.39, 0.29) is 24.7 Å². The third-order valence-corrected chi connectivity index (χ3v) is 2.47. The van der Waals surface area contributed by atoms with E-state index in [0.29, 0.717) is 10.6 Å². The first-order valence-corrected chi connectivity index (χ1v) is 4.83. The van der Waals surface area contributed by atoms with Crippen LogP contribution < -0.4 is 5.32 Å². The summed E-state index contributed by atoms with van der Waals surface area (Å²) in [5, 5.41) is 13.6. The van der Waals surface area contributed by atoms with E-state index in [2.05, 4.69) is 10.1 Å². The molecule has 1 aromatic rings. The van der Waals surface area contributed by atoms with Gasteiger partial charge in [-0.1, -0.05) is 11.6 Å². The van der Waals surface area contributed by atoms with Crippen LogP contribution in [0.5, 0.6) is 0 Å². The van der Waals surface area contributed by atoms with Crippen molar-refractivity contribution in [3.63, 3.8) is 0 Å². The van der Waals surface area contributed by atoms with Gasteiger partial charge in [0.15, 0.2) is 0 Å². The monoisotopic (exact) mass is 278 g/mol. The summed E-state index contributed by atoms with van der Waals surface area (Å²) in [7, 11) is 0. The fourth-order valence-corrected chi connectivity index (χ4v) is 1.70. The molecule has 8 heteroatoms. The van der Waals surface area contributed by atoms with Crippen molar-refractivity contribution in [2.75, 3.05) is 6.61 Å². The van der Waals surface area contributed by atoms with Crippen LogP contribution >= 0.6 is 24.0 Å². The van der Waals surface area contributed by atoms with Crippen LogP contribution in [0.15, 0.2) is 18.2 Å². The first-order chi connectivity index (χ1) is 7.58. The fourth-order valence-electron chi connectivity index (χ4n) is 1.52. The highest BCUT2D eigenvalue weighted by molar-refractivity contribution is 6.30. The maximum absolute atomic E-state index is 10.9. The van der Waals surface area contributed by atoms with Crippen molar-refractivity contribution < 1.29 is 14.5 Å². The van der Waals surface area contributed by atoms with Crippen LogP contribution in [0.4, 0.5) is 10.5 Å². The molecule has 0 radical (unpaired) electrons. The molecule has 1 heterocycles. The molecule has 17 heavy (non-hydrogen) atoms. The summed E-state index contributed by atoms with van der Waals surface area (Å²) in [6, 6.07) is 3.68. The molecule has 1 saturated heterocycles. The van der Waals surface area contributed by atoms with E-state index in [1.807, 2.05) is 0 Å². The number of hydrogen-bond donors (Lipinski definition) is 1. The highest BCUT2D eigenvalue weighted by Gasteiger charge is 2.29. The Balaban J connectivity index is 0.00000144. The van der Waals surface area contributed by atoms with Crippen molar-refractivity contribution in [3.8, 4) is 0 Å². The molecular formula is C9H8Cl2N2O4. The molecule has 1 fully saturated rings. The standard InChI is InChI=1S/C9H7ClN2O4.ClH/c10-5-1-2-8(12(14)15)6(3-5)7-4-16-9(13)11-7;/h1-3,7H,4H2,(H,11,13);1H/t7-;/m1./s1. The summed E-state index contributed by atoms with van der Waals surface area (Å²) in [6.45, 7) is 0.0695. The van der Waals surface area contributed by atoms with Crippen LogP contribution in [0.2, 0.25) is 5.02 Å². The number of amides is 1. The maximum Gasteiger partial charge on any atom is 0.407 e. The molecule has 1 aliphatic rings. The van der Waals surface area contributed by atoms with E-state index >= 15 is 0 Å². The lowest BCUT2D eigenvalue weighted by Gasteiger charge is -2.08. The molecular weight excluding hydrogens is 271 g/mol. The SMILES string of the molecule is Cl.O=C1N[C@@H](c2cc(Cl)ccc2[N+](=O)[O-])CO1. The molecule has 0 spiro atoms. The molecule has 1 aliphatic heterocycles. The predicted molar refractivity (Wildman–Crippen MR) is 62.6 cm³/mol. The lowest BCUT2D eigenvalue weighted by Crippen LogP contribution is -2.19. The number of nitro groups is 1. The van der Waals surface area contributed by atoms with Gasteiger partial charge in [-0.15, -0.1) is 12.4 Å². The summed E-state index contributed by atoms with van der Waals surface area (Å²) < 4.78 is 4.68. The third-order valence-electron chi connectivity index (χ3n) is 2.23. The first-order valence-electron chi connectivity index (χ1n) is 4.45. The Kier molecular flexibility index (Phi) is 4.14. The minimum Gasteiger partial charge on any atom is -0.447 e. The normalized spacial score (nSPS) is 17.9. The Morgan fingerprint density at radius 3 is 2.76 bits per heavy atom. The number of nitrogens with one attached hydrogen (secondary N) is 1. The minimum atomic E-state index is -0.584. The van der Waals surface area contributed by atoms with Crippen molar-refractivity contribution in [1.29, 1.82) is 0 Å². The number of carbonyl (C=O) groups is 1. The van der Waals surface area contributed by atoms with E-state index in [4.69, 9.17) is 11.6 Å². The second kappa shape index (κ2) is 5.20. The number of hydrogen-bond acceptors (Lipinski definition) is 4. The van der Waals surface area contributed by atoms with E-state index in [9.17, 15) is 14.9 Å². The zero-order chi connectivity index (χ0) is 11.7. The topological polar surface area (TPSA) is 81.5 Å². The number of alkyl carbamates (subject to hydrolysis) is 1. The molecule has 0 bridgehead atoms. The zero-order valence-corrected chi connectivity index (χ0v) is 9.96. The number of rotatable bonds is 2. The third kappa shape index (κ3) is 2.78. The highest BCUT2D eigenvalue weighted by Crippen LogP contribution is 2.30. The molecule has 1 aromatic carbocycles. The van der Waals surface area contributed by atoms with Gasteiger partial charge in [0.05, 0.1) is 16.5 Å². The Bertz CT molecular complexity index is 466. The average Bonchev–Trinajstić information content (AvgIpc) is 2.64. The van der Waals surface area contributed by atoms with Gasteiger partial charge in [-0.05, 0) is 12.1 Å². The maximum atomic E-state index is 10.9. The summed E-state index contributed by atoms with van der Waals surface area (Å²) >= 11 is 5.76. The van der Waals surface area contributed by atoms with Crippen LogP contribution in [0.3, 0.4) is 0 Å². The van der Waals surface area contributed by atoms with Gasteiger partial charge >= 0.3 is 6.09 Å². The van der Waals surface area contributed by atoms with Crippen molar-refractivity contribution in [2.45, 2.75) is 6.04 Å². The van der Waals surface area contributed by atoms with Gasteiger partial charge in [0, 0.05) is 11.1 Å². The molecule has 0 saturated carbocycles. The molecule has 0 aromatic heterocycles. The van der Waals surface area contributed by atoms with Crippen molar-refractivity contribution >= 4 is 35.8 Å². The smallest absolute Gasteiger partial charge is 0.407 e. The highest BCUT2D eigenvalue weighted by atomic mass is 35.5. The van der Waals surface area contributed by atoms with Crippen LogP contribution in [0, 0.1) is 10.1 Å². The van der Waals surface area contributed by atoms with Crippen molar-refractivity contribution in [2.24, 2.45) is 0 Å². The molecule has 1 amide bonds. The lowest BCUT2D eigenvalue weighted by atomic mass is 10.1. The number of benzene rings is 1. The molecule has 92 valence electrons. The van der Waals surface area contributed by atoms with Gasteiger partial charge in [0.25, 0.3) is 5.69 Å². The van der Waals surface area contributed by atoms with Gasteiger partial charge in [-0.3, -0.25) is 10.1 Å². The number of ether oxygens (including phenoxy) is 1. The van der Waals surface area contributed by atoms with Crippen LogP contribution in [-0.4, -0.2) is 17.6 Å². The lowest BCUT2D eigenvalue weighted by molar-refractivity contribution is -0.385. The summed E-state index contributed by atoms with van der Waals surface area (Å²) in [6.07, 6.45) is -0.584. The second-order valence-electron chi connectivity index (χ2n) is 3.26. The first kappa shape index (κ1) is 13.5. The largest absolute Gasteiger partial charge is 0.447 e. The Morgan fingerprint density at radius 1 is 1.53 bits per heavy atom. The van der Waals surface area contributed by atoms with Gasteiger partial charge in [0.1, 0.15) is 6.61 Å².